The molecule has 0 bridgehead atoms. The Morgan fingerprint density at radius 1 is 1.29 bits per heavy atom. The van der Waals surface area contributed by atoms with E-state index in [1.54, 1.807) is 28.8 Å². The van der Waals surface area contributed by atoms with Gasteiger partial charge in [-0.2, -0.15) is 4.98 Å². The van der Waals surface area contributed by atoms with Crippen LogP contribution in [0.4, 0.5) is 4.39 Å². The normalized spacial score (nSPS) is 11.0. The number of alkyl halides is 1. The first-order valence-corrected chi connectivity index (χ1v) is 7.40. The van der Waals surface area contributed by atoms with E-state index in [0.717, 1.165) is 4.47 Å². The highest BCUT2D eigenvalue weighted by Gasteiger charge is 2.17. The molecule has 4 nitrogen and oxygen atoms in total. The van der Waals surface area contributed by atoms with Crippen molar-refractivity contribution in [2.75, 3.05) is 7.11 Å². The van der Waals surface area contributed by atoms with E-state index in [1.165, 1.54) is 13.2 Å². The van der Waals surface area contributed by atoms with Gasteiger partial charge >= 0.3 is 0 Å². The molecular weight excluding hydrogens is 361 g/mol. The summed E-state index contributed by atoms with van der Waals surface area (Å²) in [5.74, 6) is 0.711. The predicted octanol–water partition coefficient (Wildman–Crippen LogP) is 4.07. The minimum Gasteiger partial charge on any atom is -0.481 e. The molecule has 0 aliphatic carbocycles. The number of imidazole rings is 1. The van der Waals surface area contributed by atoms with Crippen LogP contribution in [0.15, 0.2) is 34.8 Å². The van der Waals surface area contributed by atoms with E-state index in [2.05, 4.69) is 25.9 Å². The molecule has 1 aromatic carbocycles. The lowest BCUT2D eigenvalue weighted by molar-refractivity contribution is 0.399. The van der Waals surface area contributed by atoms with Crippen LogP contribution in [0.5, 0.6) is 5.88 Å². The van der Waals surface area contributed by atoms with E-state index in [4.69, 9.17) is 16.3 Å². The van der Waals surface area contributed by atoms with E-state index < -0.39 is 0 Å². The maximum atomic E-state index is 14.2. The number of aromatic nitrogens is 3. The zero-order chi connectivity index (χ0) is 15.0. The van der Waals surface area contributed by atoms with Gasteiger partial charge in [0.2, 0.25) is 5.88 Å². The average molecular weight is 371 g/mol. The van der Waals surface area contributed by atoms with Crippen LogP contribution < -0.4 is 4.74 Å². The molecule has 0 spiro atoms. The van der Waals surface area contributed by atoms with Crippen molar-refractivity contribution in [1.29, 1.82) is 0 Å². The summed E-state index contributed by atoms with van der Waals surface area (Å²) >= 11 is 9.28. The number of halogens is 3. The Labute approximate surface area is 133 Å². The standard InChI is InChI=1S/C14H10BrClFN3O/c1-21-13-5-4-10-14(19-13)20(12(7-16)18-10)11-6-8(15)2-3-9(11)17/h2-6H,7H2,1H3. The van der Waals surface area contributed by atoms with Gasteiger partial charge in [0.15, 0.2) is 5.65 Å². The van der Waals surface area contributed by atoms with Gasteiger partial charge in [-0.15, -0.1) is 11.6 Å². The van der Waals surface area contributed by atoms with E-state index in [1.807, 2.05) is 0 Å². The first-order valence-electron chi connectivity index (χ1n) is 6.08. The number of hydrogen-bond donors (Lipinski definition) is 0. The van der Waals surface area contributed by atoms with Crippen LogP contribution in [-0.4, -0.2) is 21.6 Å². The fourth-order valence-corrected chi connectivity index (χ4v) is 2.63. The number of benzene rings is 1. The summed E-state index contributed by atoms with van der Waals surface area (Å²) < 4.78 is 21.7. The lowest BCUT2D eigenvalue weighted by Gasteiger charge is -2.09. The number of nitrogens with zero attached hydrogens (tertiary/aromatic N) is 3. The van der Waals surface area contributed by atoms with Gasteiger partial charge in [-0.25, -0.2) is 9.37 Å². The summed E-state index contributed by atoms with van der Waals surface area (Å²) in [6, 6.07) is 8.14. The van der Waals surface area contributed by atoms with E-state index in [-0.39, 0.29) is 11.7 Å². The highest BCUT2D eigenvalue weighted by Crippen LogP contribution is 2.27. The van der Waals surface area contributed by atoms with Crippen LogP contribution in [0.3, 0.4) is 0 Å². The summed E-state index contributed by atoms with van der Waals surface area (Å²) in [4.78, 5) is 8.73. The average Bonchev–Trinajstić information content (AvgIpc) is 2.87. The Kier molecular flexibility index (Phi) is 3.82. The molecule has 21 heavy (non-hydrogen) atoms. The summed E-state index contributed by atoms with van der Waals surface area (Å²) in [7, 11) is 1.52. The lowest BCUT2D eigenvalue weighted by atomic mass is 10.3. The summed E-state index contributed by atoms with van der Waals surface area (Å²) in [5, 5.41) is 0. The molecule has 0 atom stereocenters. The number of methoxy groups -OCH3 is 1. The molecule has 0 saturated heterocycles. The molecule has 0 amide bonds. The van der Waals surface area contributed by atoms with E-state index >= 15 is 0 Å². The van der Waals surface area contributed by atoms with Crippen molar-refractivity contribution in [2.45, 2.75) is 5.88 Å². The monoisotopic (exact) mass is 369 g/mol. The number of ether oxygens (including phenoxy) is 1. The van der Waals surface area contributed by atoms with Crippen molar-refractivity contribution in [2.24, 2.45) is 0 Å². The number of rotatable bonds is 3. The van der Waals surface area contributed by atoms with Crippen molar-refractivity contribution in [3.05, 3.63) is 46.4 Å². The van der Waals surface area contributed by atoms with E-state index in [0.29, 0.717) is 28.6 Å². The number of fused-ring (bicyclic) bond motifs is 1. The molecule has 0 radical (unpaired) electrons. The molecule has 0 aliphatic heterocycles. The molecule has 0 fully saturated rings. The van der Waals surface area contributed by atoms with Gasteiger partial charge in [0.25, 0.3) is 0 Å². The Hall–Kier alpha value is -1.66. The van der Waals surface area contributed by atoms with Crippen LogP contribution in [-0.2, 0) is 5.88 Å². The van der Waals surface area contributed by atoms with Crippen molar-refractivity contribution in [1.82, 2.24) is 14.5 Å². The predicted molar refractivity (Wildman–Crippen MR) is 82.6 cm³/mol. The van der Waals surface area contributed by atoms with Gasteiger partial charge in [-0.3, -0.25) is 4.57 Å². The highest BCUT2D eigenvalue weighted by atomic mass is 79.9. The van der Waals surface area contributed by atoms with Crippen LogP contribution in [0.25, 0.3) is 16.9 Å². The van der Waals surface area contributed by atoms with Gasteiger partial charge in [0, 0.05) is 10.5 Å². The van der Waals surface area contributed by atoms with Crippen LogP contribution in [0.1, 0.15) is 5.82 Å². The molecule has 2 heterocycles. The van der Waals surface area contributed by atoms with Crippen molar-refractivity contribution in [3.63, 3.8) is 0 Å². The summed E-state index contributed by atoms with van der Waals surface area (Å²) in [6.07, 6.45) is 0. The Bertz CT molecular complexity index is 821. The first kappa shape index (κ1) is 14.3. The topological polar surface area (TPSA) is 39.9 Å². The van der Waals surface area contributed by atoms with Gasteiger partial charge < -0.3 is 4.74 Å². The van der Waals surface area contributed by atoms with Crippen molar-refractivity contribution >= 4 is 38.7 Å². The molecule has 3 aromatic rings. The van der Waals surface area contributed by atoms with Gasteiger partial charge in [-0.1, -0.05) is 15.9 Å². The first-order chi connectivity index (χ1) is 10.1. The minimum absolute atomic E-state index is 0.143. The minimum atomic E-state index is -0.381. The molecule has 3 rings (SSSR count). The second-order valence-corrected chi connectivity index (χ2v) is 5.47. The SMILES string of the molecule is COc1ccc2nc(CCl)n(-c3cc(Br)ccc3F)c2n1. The second kappa shape index (κ2) is 5.61. The van der Waals surface area contributed by atoms with Gasteiger partial charge in [-0.05, 0) is 24.3 Å². The third kappa shape index (κ3) is 2.49. The van der Waals surface area contributed by atoms with E-state index in [9.17, 15) is 4.39 Å². The zero-order valence-corrected chi connectivity index (χ0v) is 13.3. The molecule has 108 valence electrons. The number of hydrogen-bond acceptors (Lipinski definition) is 3. The van der Waals surface area contributed by atoms with Crippen molar-refractivity contribution < 1.29 is 9.13 Å². The van der Waals surface area contributed by atoms with Crippen LogP contribution in [0.2, 0.25) is 0 Å². The Morgan fingerprint density at radius 2 is 2.10 bits per heavy atom. The fourth-order valence-electron chi connectivity index (χ4n) is 2.10. The van der Waals surface area contributed by atoms with Gasteiger partial charge in [0.05, 0.1) is 18.7 Å². The third-order valence-corrected chi connectivity index (χ3v) is 3.76. The Balaban J connectivity index is 2.36. The van der Waals surface area contributed by atoms with Crippen LogP contribution in [0, 0.1) is 5.82 Å². The molecular formula is C14H10BrClFN3O. The molecule has 7 heteroatoms. The molecule has 0 N–H and O–H groups in total. The molecule has 0 unspecified atom stereocenters. The Morgan fingerprint density at radius 3 is 2.81 bits per heavy atom. The third-order valence-electron chi connectivity index (χ3n) is 3.03. The maximum Gasteiger partial charge on any atom is 0.215 e. The lowest BCUT2D eigenvalue weighted by Crippen LogP contribution is -2.03. The highest BCUT2D eigenvalue weighted by molar-refractivity contribution is 9.10. The molecule has 0 aliphatic rings. The van der Waals surface area contributed by atoms with Gasteiger partial charge in [0.1, 0.15) is 17.2 Å². The maximum absolute atomic E-state index is 14.2. The second-order valence-electron chi connectivity index (χ2n) is 4.29. The molecule has 2 aromatic heterocycles. The smallest absolute Gasteiger partial charge is 0.215 e. The fraction of sp³-hybridized carbons (Fsp3) is 0.143. The molecule has 0 saturated carbocycles. The summed E-state index contributed by atoms with van der Waals surface area (Å²) in [5.41, 5.74) is 1.47. The van der Waals surface area contributed by atoms with Crippen LogP contribution >= 0.6 is 27.5 Å². The van der Waals surface area contributed by atoms with Crippen molar-refractivity contribution in [3.8, 4) is 11.6 Å². The zero-order valence-electron chi connectivity index (χ0n) is 11.0. The number of pyridine rings is 1. The quantitative estimate of drug-likeness (QED) is 0.653. The summed E-state index contributed by atoms with van der Waals surface area (Å²) in [6.45, 7) is 0. The largest absolute Gasteiger partial charge is 0.481 e.